The lowest BCUT2D eigenvalue weighted by atomic mass is 10.0. The summed E-state index contributed by atoms with van der Waals surface area (Å²) in [5, 5.41) is 7.19. The van der Waals surface area contributed by atoms with E-state index in [9.17, 15) is 13.2 Å². The highest BCUT2D eigenvalue weighted by Crippen LogP contribution is 2.02. The summed E-state index contributed by atoms with van der Waals surface area (Å²) >= 11 is 0. The molecule has 0 unspecified atom stereocenters. The third-order valence-corrected chi connectivity index (χ3v) is 2.52. The van der Waals surface area contributed by atoms with Crippen molar-refractivity contribution in [3.63, 3.8) is 0 Å². The van der Waals surface area contributed by atoms with Crippen LogP contribution in [0, 0.1) is 5.92 Å². The van der Waals surface area contributed by atoms with E-state index in [-0.39, 0.29) is 18.2 Å². The Bertz CT molecular complexity index is 300. The number of amides is 1. The summed E-state index contributed by atoms with van der Waals surface area (Å²) in [6.45, 7) is 3.92. The molecule has 15 heavy (non-hydrogen) atoms. The molecule has 1 amide bonds. The molecule has 1 atom stereocenters. The Morgan fingerprint density at radius 2 is 1.93 bits per heavy atom. The predicted molar refractivity (Wildman–Crippen MR) is 58.4 cm³/mol. The zero-order valence-electron chi connectivity index (χ0n) is 9.06. The lowest BCUT2D eigenvalue weighted by molar-refractivity contribution is -0.122. The largest absolute Gasteiger partial charge is 0.354 e. The molecular formula is C8H19N3O3S. The van der Waals surface area contributed by atoms with Crippen LogP contribution >= 0.6 is 0 Å². The molecule has 0 aliphatic rings. The second kappa shape index (κ2) is 6.04. The van der Waals surface area contributed by atoms with Crippen molar-refractivity contribution in [1.29, 1.82) is 0 Å². The highest BCUT2D eigenvalue weighted by Gasteiger charge is 2.14. The molecule has 0 aliphatic heterocycles. The Morgan fingerprint density at radius 1 is 1.40 bits per heavy atom. The van der Waals surface area contributed by atoms with E-state index in [0.29, 0.717) is 12.3 Å². The normalized spacial score (nSPS) is 13.9. The van der Waals surface area contributed by atoms with Crippen LogP contribution in [0.25, 0.3) is 0 Å². The van der Waals surface area contributed by atoms with Gasteiger partial charge in [-0.2, -0.15) is 0 Å². The molecule has 0 radical (unpaired) electrons. The van der Waals surface area contributed by atoms with E-state index in [1.807, 2.05) is 13.8 Å². The number of hydrogen-bond donors (Lipinski definition) is 3. The summed E-state index contributed by atoms with van der Waals surface area (Å²) in [5.41, 5.74) is 5.58. The van der Waals surface area contributed by atoms with Crippen molar-refractivity contribution in [2.75, 3.05) is 12.3 Å². The Balaban J connectivity index is 3.84. The van der Waals surface area contributed by atoms with E-state index in [0.717, 1.165) is 0 Å². The van der Waals surface area contributed by atoms with Gasteiger partial charge in [-0.3, -0.25) is 4.79 Å². The van der Waals surface area contributed by atoms with Crippen LogP contribution in [-0.4, -0.2) is 32.7 Å². The molecule has 0 aliphatic carbocycles. The lowest BCUT2D eigenvalue weighted by Gasteiger charge is -2.13. The molecule has 0 aromatic rings. The maximum absolute atomic E-state index is 11.3. The van der Waals surface area contributed by atoms with E-state index >= 15 is 0 Å². The van der Waals surface area contributed by atoms with Gasteiger partial charge in [0, 0.05) is 6.54 Å². The summed E-state index contributed by atoms with van der Waals surface area (Å²) < 4.78 is 21.1. The molecule has 5 N–H and O–H groups in total. The van der Waals surface area contributed by atoms with Gasteiger partial charge >= 0.3 is 0 Å². The van der Waals surface area contributed by atoms with Crippen LogP contribution in [0.3, 0.4) is 0 Å². The molecule has 0 aromatic heterocycles. The Labute approximate surface area is 90.4 Å². The molecule has 0 heterocycles. The smallest absolute Gasteiger partial charge is 0.236 e. The number of nitrogens with two attached hydrogens (primary N) is 2. The molecule has 0 aromatic carbocycles. The highest BCUT2D eigenvalue weighted by molar-refractivity contribution is 7.89. The maximum Gasteiger partial charge on any atom is 0.236 e. The summed E-state index contributed by atoms with van der Waals surface area (Å²) in [6.07, 6.45) is 0.571. The molecule has 0 rings (SSSR count). The van der Waals surface area contributed by atoms with E-state index in [1.165, 1.54) is 0 Å². The van der Waals surface area contributed by atoms with Crippen LogP contribution in [0.5, 0.6) is 0 Å². The van der Waals surface area contributed by atoms with Crippen molar-refractivity contribution in [3.8, 4) is 0 Å². The minimum Gasteiger partial charge on any atom is -0.354 e. The van der Waals surface area contributed by atoms with Gasteiger partial charge in [0.25, 0.3) is 0 Å². The van der Waals surface area contributed by atoms with Gasteiger partial charge in [-0.1, -0.05) is 13.8 Å². The average molecular weight is 237 g/mol. The molecule has 0 spiro atoms. The van der Waals surface area contributed by atoms with Crippen LogP contribution in [0.1, 0.15) is 20.3 Å². The minimum atomic E-state index is -3.52. The second-order valence-electron chi connectivity index (χ2n) is 3.89. The molecular weight excluding hydrogens is 218 g/mol. The average Bonchev–Trinajstić information content (AvgIpc) is 2.00. The molecule has 90 valence electrons. The first-order valence-corrected chi connectivity index (χ1v) is 6.47. The van der Waals surface area contributed by atoms with Gasteiger partial charge in [-0.25, -0.2) is 13.6 Å². The Hall–Kier alpha value is -0.660. The van der Waals surface area contributed by atoms with E-state index in [4.69, 9.17) is 10.9 Å². The third-order valence-electron chi connectivity index (χ3n) is 1.75. The van der Waals surface area contributed by atoms with E-state index in [1.54, 1.807) is 0 Å². The number of carbonyl (C=O) groups excluding carboxylic acids is 1. The number of primary sulfonamides is 1. The predicted octanol–water partition coefficient (Wildman–Crippen LogP) is -1.24. The first kappa shape index (κ1) is 14.3. The van der Waals surface area contributed by atoms with Gasteiger partial charge in [0.1, 0.15) is 0 Å². The molecule has 0 saturated carbocycles. The third kappa shape index (κ3) is 8.34. The number of carbonyl (C=O) groups is 1. The Morgan fingerprint density at radius 3 is 2.33 bits per heavy atom. The van der Waals surface area contributed by atoms with Crippen LogP contribution in [0.4, 0.5) is 0 Å². The van der Waals surface area contributed by atoms with Gasteiger partial charge in [0.2, 0.25) is 15.9 Å². The van der Waals surface area contributed by atoms with Gasteiger partial charge in [-0.15, -0.1) is 0 Å². The quantitative estimate of drug-likeness (QED) is 0.536. The van der Waals surface area contributed by atoms with Crippen molar-refractivity contribution in [3.05, 3.63) is 0 Å². The van der Waals surface area contributed by atoms with Crippen LogP contribution in [0.2, 0.25) is 0 Å². The SMILES string of the molecule is CC(C)C[C@H](N)C(=O)NCCS(N)(=O)=O. The topological polar surface area (TPSA) is 115 Å². The van der Waals surface area contributed by atoms with E-state index in [2.05, 4.69) is 5.32 Å². The van der Waals surface area contributed by atoms with Crippen molar-refractivity contribution < 1.29 is 13.2 Å². The standard InChI is InChI=1S/C8H19N3O3S/c1-6(2)5-7(9)8(12)11-3-4-15(10,13)14/h6-7H,3-5,9H2,1-2H3,(H,11,12)(H2,10,13,14)/t7-/m0/s1. The van der Waals surface area contributed by atoms with Gasteiger partial charge < -0.3 is 11.1 Å². The second-order valence-corrected chi connectivity index (χ2v) is 5.63. The lowest BCUT2D eigenvalue weighted by Crippen LogP contribution is -2.43. The first-order chi connectivity index (χ1) is 6.72. The van der Waals surface area contributed by atoms with Crippen LogP contribution in [0.15, 0.2) is 0 Å². The zero-order valence-corrected chi connectivity index (χ0v) is 9.88. The van der Waals surface area contributed by atoms with Gasteiger partial charge in [-0.05, 0) is 12.3 Å². The molecule has 0 saturated heterocycles. The van der Waals surface area contributed by atoms with Crippen LogP contribution < -0.4 is 16.2 Å². The summed E-state index contributed by atoms with van der Waals surface area (Å²) in [5.74, 6) is -0.288. The number of nitrogens with one attached hydrogen (secondary N) is 1. The molecule has 0 bridgehead atoms. The molecule has 6 nitrogen and oxygen atoms in total. The first-order valence-electron chi connectivity index (χ1n) is 4.76. The van der Waals surface area contributed by atoms with Crippen molar-refractivity contribution >= 4 is 15.9 Å². The van der Waals surface area contributed by atoms with Crippen molar-refractivity contribution in [1.82, 2.24) is 5.32 Å². The van der Waals surface area contributed by atoms with Crippen molar-refractivity contribution in [2.45, 2.75) is 26.3 Å². The fraction of sp³-hybridized carbons (Fsp3) is 0.875. The fourth-order valence-corrected chi connectivity index (χ4v) is 1.45. The summed E-state index contributed by atoms with van der Waals surface area (Å²) in [4.78, 5) is 11.3. The molecule has 0 fully saturated rings. The van der Waals surface area contributed by atoms with Gasteiger partial charge in [0.05, 0.1) is 11.8 Å². The zero-order chi connectivity index (χ0) is 12.1. The number of hydrogen-bond acceptors (Lipinski definition) is 4. The maximum atomic E-state index is 11.3. The fourth-order valence-electron chi connectivity index (χ4n) is 1.06. The van der Waals surface area contributed by atoms with Crippen molar-refractivity contribution in [2.24, 2.45) is 16.8 Å². The minimum absolute atomic E-state index is 0.00343. The van der Waals surface area contributed by atoms with Gasteiger partial charge in [0.15, 0.2) is 0 Å². The van der Waals surface area contributed by atoms with E-state index < -0.39 is 16.1 Å². The highest BCUT2D eigenvalue weighted by atomic mass is 32.2. The number of sulfonamides is 1. The summed E-state index contributed by atoms with van der Waals surface area (Å²) in [7, 11) is -3.52. The monoisotopic (exact) mass is 237 g/mol. The number of rotatable bonds is 6. The Kier molecular flexibility index (Phi) is 5.77. The molecule has 7 heteroatoms. The summed E-state index contributed by atoms with van der Waals surface area (Å²) in [6, 6.07) is -0.592. The van der Waals surface area contributed by atoms with Crippen LogP contribution in [-0.2, 0) is 14.8 Å².